The van der Waals surface area contributed by atoms with Crippen molar-refractivity contribution in [3.05, 3.63) is 78.0 Å². The Morgan fingerprint density at radius 2 is 1.86 bits per heavy atom. The molecule has 2 atom stereocenters. The van der Waals surface area contributed by atoms with Crippen LogP contribution in [0.15, 0.2) is 66.9 Å². The number of nitrogens with zero attached hydrogens (tertiary/aromatic N) is 2. The summed E-state index contributed by atoms with van der Waals surface area (Å²) in [7, 11) is 0. The number of pyridine rings is 1. The van der Waals surface area contributed by atoms with Crippen molar-refractivity contribution >= 4 is 17.5 Å². The molecule has 2 aliphatic rings. The van der Waals surface area contributed by atoms with E-state index in [4.69, 9.17) is 19.0 Å². The highest BCUT2D eigenvalue weighted by Gasteiger charge is 2.45. The normalized spacial score (nSPS) is 18.7. The number of alkyl halides is 3. The van der Waals surface area contributed by atoms with Gasteiger partial charge in [-0.1, -0.05) is 30.3 Å². The fourth-order valence-electron chi connectivity index (χ4n) is 4.10. The molecular weight excluding hydrogens is 491 g/mol. The minimum absolute atomic E-state index is 0.0420. The lowest BCUT2D eigenvalue weighted by atomic mass is 10.1. The zero-order valence-corrected chi connectivity index (χ0v) is 19.6. The Morgan fingerprint density at radius 1 is 1.08 bits per heavy atom. The summed E-state index contributed by atoms with van der Waals surface area (Å²) in [5.74, 6) is -1.22. The maximum Gasteiger partial charge on any atom is 0.493 e. The van der Waals surface area contributed by atoms with Gasteiger partial charge in [0.05, 0.1) is 6.10 Å². The summed E-state index contributed by atoms with van der Waals surface area (Å²) in [6.45, 7) is 1.26. The molecule has 0 bridgehead atoms. The Morgan fingerprint density at radius 3 is 2.59 bits per heavy atom. The minimum Gasteiger partial charge on any atom is -0.491 e. The number of aromatic nitrogens is 1. The average molecular weight is 515 g/mol. The highest BCUT2D eigenvalue weighted by atomic mass is 19.4. The molecule has 2 unspecified atom stereocenters. The largest absolute Gasteiger partial charge is 0.493 e. The Labute approximate surface area is 210 Å². The van der Waals surface area contributed by atoms with Crippen LogP contribution in [0.5, 0.6) is 11.5 Å². The minimum atomic E-state index is -5.17. The van der Waals surface area contributed by atoms with Crippen molar-refractivity contribution in [3.63, 3.8) is 0 Å². The van der Waals surface area contributed by atoms with Crippen LogP contribution in [-0.4, -0.2) is 36.4 Å². The van der Waals surface area contributed by atoms with Gasteiger partial charge in [-0.05, 0) is 42.7 Å². The first-order chi connectivity index (χ1) is 17.9. The van der Waals surface area contributed by atoms with Crippen LogP contribution < -0.4 is 19.9 Å². The smallest absolute Gasteiger partial charge is 0.491 e. The SMILES string of the molecule is O=C(ON1c2cccnc2NC1c1cc(OCc2ccccc2)cc(OCC2CCCO2)c1)C(F)(F)F. The first kappa shape index (κ1) is 24.7. The highest BCUT2D eigenvalue weighted by Crippen LogP contribution is 2.42. The molecule has 1 aromatic heterocycles. The Hall–Kier alpha value is -3.99. The van der Waals surface area contributed by atoms with Crippen molar-refractivity contribution in [2.24, 2.45) is 0 Å². The zero-order valence-electron chi connectivity index (χ0n) is 19.6. The summed E-state index contributed by atoms with van der Waals surface area (Å²) in [6.07, 6.45) is -2.92. The molecule has 3 heterocycles. The highest BCUT2D eigenvalue weighted by molar-refractivity contribution is 5.80. The molecule has 1 saturated heterocycles. The fraction of sp³-hybridized carbons (Fsp3) is 0.308. The van der Waals surface area contributed by atoms with Gasteiger partial charge >= 0.3 is 12.1 Å². The number of fused-ring (bicyclic) bond motifs is 1. The first-order valence-corrected chi connectivity index (χ1v) is 11.7. The van der Waals surface area contributed by atoms with Gasteiger partial charge < -0.3 is 24.4 Å². The number of rotatable bonds is 8. The van der Waals surface area contributed by atoms with Crippen LogP contribution in [0.3, 0.4) is 0 Å². The Bertz CT molecular complexity index is 1240. The monoisotopic (exact) mass is 515 g/mol. The molecule has 1 fully saturated rings. The predicted molar refractivity (Wildman–Crippen MR) is 127 cm³/mol. The third kappa shape index (κ3) is 5.88. The van der Waals surface area contributed by atoms with Crippen LogP contribution in [-0.2, 0) is 21.0 Å². The van der Waals surface area contributed by atoms with Gasteiger partial charge in [-0.25, -0.2) is 9.78 Å². The zero-order chi connectivity index (χ0) is 25.8. The van der Waals surface area contributed by atoms with Gasteiger partial charge in [0.25, 0.3) is 0 Å². The number of nitrogens with one attached hydrogen (secondary N) is 1. The van der Waals surface area contributed by atoms with E-state index in [-0.39, 0.29) is 24.2 Å². The van der Waals surface area contributed by atoms with Gasteiger partial charge in [-0.2, -0.15) is 18.2 Å². The molecule has 0 amide bonds. The molecule has 194 valence electrons. The molecule has 37 heavy (non-hydrogen) atoms. The van der Waals surface area contributed by atoms with Crippen molar-refractivity contribution in [2.45, 2.75) is 37.9 Å². The summed E-state index contributed by atoms with van der Waals surface area (Å²) in [6, 6.07) is 17.6. The summed E-state index contributed by atoms with van der Waals surface area (Å²) in [4.78, 5) is 20.7. The summed E-state index contributed by atoms with van der Waals surface area (Å²) >= 11 is 0. The van der Waals surface area contributed by atoms with Crippen molar-refractivity contribution in [2.75, 3.05) is 23.6 Å². The first-order valence-electron chi connectivity index (χ1n) is 11.7. The lowest BCUT2D eigenvalue weighted by Gasteiger charge is -2.26. The Balaban J connectivity index is 1.44. The number of carbonyl (C=O) groups excluding carboxylic acids is 1. The van der Waals surface area contributed by atoms with Gasteiger partial charge in [-0.3, -0.25) is 0 Å². The van der Waals surface area contributed by atoms with E-state index in [9.17, 15) is 18.0 Å². The summed E-state index contributed by atoms with van der Waals surface area (Å²) in [5, 5.41) is 3.88. The molecule has 2 aliphatic heterocycles. The number of anilines is 2. The second-order valence-electron chi connectivity index (χ2n) is 8.58. The molecule has 2 aromatic carbocycles. The van der Waals surface area contributed by atoms with E-state index in [1.807, 2.05) is 30.3 Å². The van der Waals surface area contributed by atoms with E-state index >= 15 is 0 Å². The van der Waals surface area contributed by atoms with Crippen LogP contribution in [0.1, 0.15) is 30.1 Å². The number of hydrogen-bond acceptors (Lipinski definition) is 8. The molecule has 0 radical (unpaired) electrons. The standard InChI is InChI=1S/C26H24F3N3O5/c27-26(28,29)25(33)37-32-22-9-4-10-30-23(22)31-24(32)18-12-20(35-15-17-6-2-1-3-7-17)14-21(13-18)36-16-19-8-5-11-34-19/h1-4,6-7,9-10,12-14,19,24H,5,8,11,15-16H2,(H,30,31). The molecule has 0 spiro atoms. The second-order valence-corrected chi connectivity index (χ2v) is 8.58. The third-order valence-electron chi connectivity index (χ3n) is 5.87. The van der Waals surface area contributed by atoms with Gasteiger partial charge in [0.15, 0.2) is 12.0 Å². The molecule has 5 rings (SSSR count). The maximum atomic E-state index is 13.1. The van der Waals surface area contributed by atoms with Crippen LogP contribution in [0, 0.1) is 0 Å². The average Bonchev–Trinajstić information content (AvgIpc) is 3.55. The Kier molecular flexibility index (Phi) is 7.04. The van der Waals surface area contributed by atoms with Gasteiger partial charge in [0.2, 0.25) is 0 Å². The fourth-order valence-corrected chi connectivity index (χ4v) is 4.10. The van der Waals surface area contributed by atoms with E-state index in [0.717, 1.165) is 23.5 Å². The summed E-state index contributed by atoms with van der Waals surface area (Å²) < 4.78 is 56.8. The molecule has 8 nitrogen and oxygen atoms in total. The van der Waals surface area contributed by atoms with E-state index in [1.54, 1.807) is 18.2 Å². The van der Waals surface area contributed by atoms with Gasteiger partial charge in [0.1, 0.15) is 30.4 Å². The van der Waals surface area contributed by atoms with Gasteiger partial charge in [-0.15, -0.1) is 0 Å². The predicted octanol–water partition coefficient (Wildman–Crippen LogP) is 5.17. The molecule has 0 aliphatic carbocycles. The topological polar surface area (TPSA) is 82.2 Å². The number of benzene rings is 2. The van der Waals surface area contributed by atoms with Crippen LogP contribution in [0.4, 0.5) is 24.7 Å². The van der Waals surface area contributed by atoms with Crippen molar-refractivity contribution in [1.82, 2.24) is 4.98 Å². The second kappa shape index (κ2) is 10.6. The molecule has 3 aromatic rings. The lowest BCUT2D eigenvalue weighted by molar-refractivity contribution is -0.201. The van der Waals surface area contributed by atoms with E-state index in [0.29, 0.717) is 30.3 Å². The lowest BCUT2D eigenvalue weighted by Crippen LogP contribution is -2.36. The van der Waals surface area contributed by atoms with E-state index < -0.39 is 18.3 Å². The molecule has 0 saturated carbocycles. The van der Waals surface area contributed by atoms with Crippen molar-refractivity contribution < 1.29 is 37.0 Å². The van der Waals surface area contributed by atoms with E-state index in [1.165, 1.54) is 18.3 Å². The maximum absolute atomic E-state index is 13.1. The molecular formula is C26H24F3N3O5. The van der Waals surface area contributed by atoms with Crippen molar-refractivity contribution in [1.29, 1.82) is 0 Å². The summed E-state index contributed by atoms with van der Waals surface area (Å²) in [5.41, 5.74) is 1.56. The number of halogens is 3. The number of ether oxygens (including phenoxy) is 3. The number of hydrogen-bond donors (Lipinski definition) is 1. The van der Waals surface area contributed by atoms with Crippen LogP contribution in [0.2, 0.25) is 0 Å². The molecule has 1 N–H and O–H groups in total. The van der Waals surface area contributed by atoms with E-state index in [2.05, 4.69) is 10.3 Å². The van der Waals surface area contributed by atoms with Crippen LogP contribution >= 0.6 is 0 Å². The number of hydroxylamine groups is 1. The van der Waals surface area contributed by atoms with Crippen molar-refractivity contribution in [3.8, 4) is 11.5 Å². The molecule has 11 heteroatoms. The third-order valence-corrected chi connectivity index (χ3v) is 5.87. The van der Waals surface area contributed by atoms with Gasteiger partial charge in [0, 0.05) is 24.4 Å². The van der Waals surface area contributed by atoms with Crippen LogP contribution in [0.25, 0.3) is 0 Å². The quantitative estimate of drug-likeness (QED) is 0.440. The number of carbonyl (C=O) groups is 1.